The molecule has 0 bridgehead atoms. The monoisotopic (exact) mass is 284 g/mol. The van der Waals surface area contributed by atoms with E-state index in [1.165, 1.54) is 19.3 Å². The van der Waals surface area contributed by atoms with E-state index in [1.54, 1.807) is 6.07 Å². The normalized spacial score (nSPS) is 10.1. The Balaban J connectivity index is 2.49. The third-order valence-electron chi connectivity index (χ3n) is 2.37. The van der Waals surface area contributed by atoms with Crippen molar-refractivity contribution in [3.8, 4) is 5.75 Å². The molecule has 0 aromatic heterocycles. The van der Waals surface area contributed by atoms with Gasteiger partial charge in [0.2, 0.25) is 0 Å². The standard InChI is InChI=1S/C13H17BrO2/c1-2-3-4-5-9-16-13-11(10-15)7-6-8-12(13)14/h6-8,10H,2-5,9H2,1H3. The molecular formula is C13H17BrO2. The lowest BCUT2D eigenvalue weighted by Gasteiger charge is -2.09. The van der Waals surface area contributed by atoms with E-state index in [0.717, 1.165) is 17.2 Å². The highest BCUT2D eigenvalue weighted by molar-refractivity contribution is 9.10. The van der Waals surface area contributed by atoms with E-state index in [9.17, 15) is 4.79 Å². The van der Waals surface area contributed by atoms with Crippen LogP contribution in [0.25, 0.3) is 0 Å². The summed E-state index contributed by atoms with van der Waals surface area (Å²) in [7, 11) is 0. The maximum atomic E-state index is 10.8. The van der Waals surface area contributed by atoms with E-state index in [2.05, 4.69) is 22.9 Å². The number of hydrogen-bond donors (Lipinski definition) is 0. The molecule has 0 radical (unpaired) electrons. The van der Waals surface area contributed by atoms with Gasteiger partial charge in [-0.2, -0.15) is 0 Å². The Morgan fingerprint density at radius 3 is 2.81 bits per heavy atom. The maximum absolute atomic E-state index is 10.8. The second kappa shape index (κ2) is 7.44. The highest BCUT2D eigenvalue weighted by Crippen LogP contribution is 2.28. The number of halogens is 1. The summed E-state index contributed by atoms with van der Waals surface area (Å²) in [6, 6.07) is 5.48. The van der Waals surface area contributed by atoms with Crippen LogP contribution in [0.1, 0.15) is 43.0 Å². The van der Waals surface area contributed by atoms with Gasteiger partial charge in [0, 0.05) is 0 Å². The predicted molar refractivity (Wildman–Crippen MR) is 69.2 cm³/mol. The summed E-state index contributed by atoms with van der Waals surface area (Å²) >= 11 is 3.39. The van der Waals surface area contributed by atoms with E-state index in [1.807, 2.05) is 12.1 Å². The van der Waals surface area contributed by atoms with E-state index >= 15 is 0 Å². The number of carbonyl (C=O) groups excluding carboxylic acids is 1. The number of ether oxygens (including phenoxy) is 1. The van der Waals surface area contributed by atoms with Gasteiger partial charge >= 0.3 is 0 Å². The minimum Gasteiger partial charge on any atom is -0.492 e. The molecular weight excluding hydrogens is 268 g/mol. The molecule has 0 aliphatic heterocycles. The van der Waals surface area contributed by atoms with Crippen molar-refractivity contribution >= 4 is 22.2 Å². The predicted octanol–water partition coefficient (Wildman–Crippen LogP) is 4.22. The molecule has 3 heteroatoms. The molecule has 2 nitrogen and oxygen atoms in total. The zero-order valence-corrected chi connectivity index (χ0v) is 11.1. The van der Waals surface area contributed by atoms with Crippen LogP contribution in [0.15, 0.2) is 22.7 Å². The minimum absolute atomic E-state index is 0.602. The zero-order chi connectivity index (χ0) is 11.8. The van der Waals surface area contributed by atoms with E-state index in [-0.39, 0.29) is 0 Å². The summed E-state index contributed by atoms with van der Waals surface area (Å²) in [6.45, 7) is 2.85. The molecule has 0 saturated carbocycles. The minimum atomic E-state index is 0.602. The van der Waals surface area contributed by atoms with E-state index in [4.69, 9.17) is 4.74 Å². The molecule has 0 aliphatic carbocycles. The van der Waals surface area contributed by atoms with Crippen molar-refractivity contribution in [2.24, 2.45) is 0 Å². The number of carbonyl (C=O) groups is 1. The van der Waals surface area contributed by atoms with Crippen molar-refractivity contribution in [3.05, 3.63) is 28.2 Å². The van der Waals surface area contributed by atoms with Crippen molar-refractivity contribution in [2.45, 2.75) is 32.6 Å². The molecule has 1 aromatic rings. The van der Waals surface area contributed by atoms with Gasteiger partial charge in [-0.15, -0.1) is 0 Å². The molecule has 1 rings (SSSR count). The third kappa shape index (κ3) is 3.97. The molecule has 0 unspecified atom stereocenters. The van der Waals surface area contributed by atoms with Gasteiger partial charge in [0.05, 0.1) is 16.6 Å². The maximum Gasteiger partial charge on any atom is 0.153 e. The third-order valence-corrected chi connectivity index (χ3v) is 2.99. The largest absolute Gasteiger partial charge is 0.492 e. The summed E-state index contributed by atoms with van der Waals surface area (Å²) in [5.74, 6) is 0.661. The lowest BCUT2D eigenvalue weighted by atomic mass is 10.2. The molecule has 1 aromatic carbocycles. The number of rotatable bonds is 7. The number of hydrogen-bond acceptors (Lipinski definition) is 2. The number of benzene rings is 1. The molecule has 0 amide bonds. The molecule has 16 heavy (non-hydrogen) atoms. The Kier molecular flexibility index (Phi) is 6.16. The van der Waals surface area contributed by atoms with Crippen LogP contribution in [0.2, 0.25) is 0 Å². The molecule has 88 valence electrons. The van der Waals surface area contributed by atoms with Gasteiger partial charge < -0.3 is 4.74 Å². The highest BCUT2D eigenvalue weighted by atomic mass is 79.9. The Labute approximate surface area is 105 Å². The summed E-state index contributed by atoms with van der Waals surface area (Å²) in [6.07, 6.45) is 5.49. The second-order valence-corrected chi connectivity index (χ2v) is 4.54. The van der Waals surface area contributed by atoms with Gasteiger partial charge in [0.1, 0.15) is 5.75 Å². The van der Waals surface area contributed by atoms with Gasteiger partial charge in [-0.05, 0) is 34.5 Å². The van der Waals surface area contributed by atoms with Crippen LogP contribution in [0.3, 0.4) is 0 Å². The number of para-hydroxylation sites is 1. The molecule has 0 heterocycles. The van der Waals surface area contributed by atoms with Crippen molar-refractivity contribution < 1.29 is 9.53 Å². The molecule has 0 saturated heterocycles. The molecule has 0 atom stereocenters. The SMILES string of the molecule is CCCCCCOc1c(Br)cccc1C=O. The van der Waals surface area contributed by atoms with E-state index < -0.39 is 0 Å². The van der Waals surface area contributed by atoms with Gasteiger partial charge in [0.15, 0.2) is 6.29 Å². The van der Waals surface area contributed by atoms with Crippen molar-refractivity contribution in [3.63, 3.8) is 0 Å². The topological polar surface area (TPSA) is 26.3 Å². The average molecular weight is 285 g/mol. The zero-order valence-electron chi connectivity index (χ0n) is 9.54. The van der Waals surface area contributed by atoms with Crippen LogP contribution in [-0.4, -0.2) is 12.9 Å². The smallest absolute Gasteiger partial charge is 0.153 e. The molecule has 0 fully saturated rings. The van der Waals surface area contributed by atoms with Crippen molar-refractivity contribution in [2.75, 3.05) is 6.61 Å². The van der Waals surface area contributed by atoms with Gasteiger partial charge in [-0.25, -0.2) is 0 Å². The van der Waals surface area contributed by atoms with Gasteiger partial charge in [0.25, 0.3) is 0 Å². The van der Waals surface area contributed by atoms with Crippen molar-refractivity contribution in [1.82, 2.24) is 0 Å². The van der Waals surface area contributed by atoms with Crippen LogP contribution in [0.4, 0.5) is 0 Å². The summed E-state index contributed by atoms with van der Waals surface area (Å²) in [4.78, 5) is 10.8. The number of unbranched alkanes of at least 4 members (excludes halogenated alkanes) is 3. The average Bonchev–Trinajstić information content (AvgIpc) is 2.30. The van der Waals surface area contributed by atoms with Crippen LogP contribution in [0, 0.1) is 0 Å². The fraction of sp³-hybridized carbons (Fsp3) is 0.462. The van der Waals surface area contributed by atoms with Crippen LogP contribution in [0.5, 0.6) is 5.75 Å². The van der Waals surface area contributed by atoms with Crippen LogP contribution >= 0.6 is 15.9 Å². The van der Waals surface area contributed by atoms with E-state index in [0.29, 0.717) is 17.9 Å². The fourth-order valence-corrected chi connectivity index (χ4v) is 1.97. The Bertz CT molecular complexity index is 337. The summed E-state index contributed by atoms with van der Waals surface area (Å²) < 4.78 is 6.47. The fourth-order valence-electron chi connectivity index (χ4n) is 1.47. The Morgan fingerprint density at radius 2 is 2.12 bits per heavy atom. The first-order valence-corrected chi connectivity index (χ1v) is 6.45. The first-order valence-electron chi connectivity index (χ1n) is 5.66. The summed E-state index contributed by atoms with van der Waals surface area (Å²) in [5, 5.41) is 0. The number of aldehydes is 1. The second-order valence-electron chi connectivity index (χ2n) is 3.69. The molecule has 0 spiro atoms. The van der Waals surface area contributed by atoms with Gasteiger partial charge in [-0.1, -0.05) is 32.3 Å². The lowest BCUT2D eigenvalue weighted by Crippen LogP contribution is -2.00. The first-order chi connectivity index (χ1) is 7.79. The lowest BCUT2D eigenvalue weighted by molar-refractivity contribution is 0.111. The molecule has 0 N–H and O–H groups in total. The first kappa shape index (κ1) is 13.2. The van der Waals surface area contributed by atoms with Gasteiger partial charge in [-0.3, -0.25) is 4.79 Å². The Hall–Kier alpha value is -0.830. The quantitative estimate of drug-likeness (QED) is 0.554. The Morgan fingerprint density at radius 1 is 1.31 bits per heavy atom. The van der Waals surface area contributed by atoms with Crippen LogP contribution < -0.4 is 4.74 Å². The molecule has 0 aliphatic rings. The van der Waals surface area contributed by atoms with Crippen LogP contribution in [-0.2, 0) is 0 Å². The van der Waals surface area contributed by atoms with Crippen molar-refractivity contribution in [1.29, 1.82) is 0 Å². The summed E-state index contributed by atoms with van der Waals surface area (Å²) in [5.41, 5.74) is 0.602. The highest BCUT2D eigenvalue weighted by Gasteiger charge is 2.06.